The lowest BCUT2D eigenvalue weighted by Crippen LogP contribution is -2.18. The molecule has 0 radical (unpaired) electrons. The molecule has 1 saturated heterocycles. The van der Waals surface area contributed by atoms with Gasteiger partial charge in [0.1, 0.15) is 11.5 Å². The highest BCUT2D eigenvalue weighted by molar-refractivity contribution is 5.80. The molecule has 1 aromatic heterocycles. The van der Waals surface area contributed by atoms with E-state index in [0.717, 1.165) is 18.7 Å². The second-order valence-corrected chi connectivity index (χ2v) is 5.61. The molecule has 1 aliphatic rings. The van der Waals surface area contributed by atoms with Crippen LogP contribution >= 0.6 is 0 Å². The molecule has 0 atom stereocenters. The first-order chi connectivity index (χ1) is 11.1. The zero-order valence-corrected chi connectivity index (χ0v) is 12.8. The molecule has 3 rings (SSSR count). The molecule has 0 unspecified atom stereocenters. The van der Waals surface area contributed by atoms with Gasteiger partial charge in [0.05, 0.1) is 4.92 Å². The minimum Gasteiger partial charge on any atom is -0.381 e. The zero-order chi connectivity index (χ0) is 16.4. The standard InChI is InChI=1S/C16H17N3O4/c1-11-8-14(15(19(21)22)9-13(11)10-20)18-5-4-17-16(18)12-2-6-23-7-3-12/h4-5,8-10,12H,2-3,6-7H2,1H3. The smallest absolute Gasteiger partial charge is 0.293 e. The maximum atomic E-state index is 11.4. The third-order valence-corrected chi connectivity index (χ3v) is 4.20. The van der Waals surface area contributed by atoms with E-state index in [1.807, 2.05) is 0 Å². The minimum atomic E-state index is -0.463. The summed E-state index contributed by atoms with van der Waals surface area (Å²) in [5.41, 5.74) is 1.38. The number of hydrogen-bond acceptors (Lipinski definition) is 5. The summed E-state index contributed by atoms with van der Waals surface area (Å²) >= 11 is 0. The maximum absolute atomic E-state index is 11.4. The highest BCUT2D eigenvalue weighted by Gasteiger charge is 2.25. The van der Waals surface area contributed by atoms with Crippen LogP contribution in [-0.4, -0.2) is 34.0 Å². The van der Waals surface area contributed by atoms with Gasteiger partial charge in [0.25, 0.3) is 5.69 Å². The molecule has 0 amide bonds. The Kier molecular flexibility index (Phi) is 4.20. The summed E-state index contributed by atoms with van der Waals surface area (Å²) in [7, 11) is 0. The van der Waals surface area contributed by atoms with Gasteiger partial charge in [-0.1, -0.05) is 0 Å². The summed E-state index contributed by atoms with van der Waals surface area (Å²) in [4.78, 5) is 26.4. The lowest BCUT2D eigenvalue weighted by atomic mass is 9.99. The number of nitro benzene ring substituents is 1. The highest BCUT2D eigenvalue weighted by atomic mass is 16.6. The lowest BCUT2D eigenvalue weighted by molar-refractivity contribution is -0.384. The molecule has 2 aromatic rings. The Morgan fingerprint density at radius 1 is 1.39 bits per heavy atom. The fourth-order valence-corrected chi connectivity index (χ4v) is 2.94. The molecule has 2 heterocycles. The average Bonchev–Trinajstić information content (AvgIpc) is 3.04. The van der Waals surface area contributed by atoms with Crippen molar-refractivity contribution in [2.24, 2.45) is 0 Å². The molecule has 1 fully saturated rings. The molecule has 0 N–H and O–H groups in total. The van der Waals surface area contributed by atoms with Gasteiger partial charge in [-0.2, -0.15) is 0 Å². The van der Waals surface area contributed by atoms with E-state index >= 15 is 0 Å². The van der Waals surface area contributed by atoms with E-state index in [1.165, 1.54) is 6.07 Å². The van der Waals surface area contributed by atoms with Gasteiger partial charge in [-0.25, -0.2) is 4.98 Å². The van der Waals surface area contributed by atoms with Crippen molar-refractivity contribution in [1.82, 2.24) is 9.55 Å². The summed E-state index contributed by atoms with van der Waals surface area (Å²) in [5.74, 6) is 1.01. The van der Waals surface area contributed by atoms with Gasteiger partial charge < -0.3 is 4.74 Å². The Labute approximate surface area is 133 Å². The van der Waals surface area contributed by atoms with E-state index in [9.17, 15) is 14.9 Å². The van der Waals surface area contributed by atoms with Crippen LogP contribution in [0.3, 0.4) is 0 Å². The van der Waals surface area contributed by atoms with Crippen molar-refractivity contribution in [2.75, 3.05) is 13.2 Å². The number of hydrogen-bond donors (Lipinski definition) is 0. The molecule has 0 saturated carbocycles. The lowest BCUT2D eigenvalue weighted by Gasteiger charge is -2.22. The van der Waals surface area contributed by atoms with Crippen LogP contribution in [0.4, 0.5) is 5.69 Å². The number of imidazole rings is 1. The van der Waals surface area contributed by atoms with Crippen LogP contribution in [0.1, 0.15) is 40.5 Å². The first kappa shape index (κ1) is 15.4. The van der Waals surface area contributed by atoms with Gasteiger partial charge in [-0.15, -0.1) is 0 Å². The molecule has 120 valence electrons. The largest absolute Gasteiger partial charge is 0.381 e. The van der Waals surface area contributed by atoms with Crippen LogP contribution in [-0.2, 0) is 4.74 Å². The Morgan fingerprint density at radius 3 is 2.78 bits per heavy atom. The van der Waals surface area contributed by atoms with Gasteiger partial charge in [0, 0.05) is 43.2 Å². The molecule has 23 heavy (non-hydrogen) atoms. The van der Waals surface area contributed by atoms with Crippen molar-refractivity contribution in [2.45, 2.75) is 25.7 Å². The van der Waals surface area contributed by atoms with Gasteiger partial charge >= 0.3 is 0 Å². The van der Waals surface area contributed by atoms with Crippen molar-refractivity contribution < 1.29 is 14.5 Å². The number of aryl methyl sites for hydroxylation is 1. The van der Waals surface area contributed by atoms with E-state index < -0.39 is 4.92 Å². The third kappa shape index (κ3) is 2.87. The first-order valence-electron chi connectivity index (χ1n) is 7.47. The fourth-order valence-electron chi connectivity index (χ4n) is 2.94. The second kappa shape index (κ2) is 6.29. The number of nitro groups is 1. The number of nitrogens with zero attached hydrogens (tertiary/aromatic N) is 3. The Morgan fingerprint density at radius 2 is 2.13 bits per heavy atom. The van der Waals surface area contributed by atoms with Gasteiger partial charge in [-0.3, -0.25) is 19.5 Å². The zero-order valence-electron chi connectivity index (χ0n) is 12.8. The summed E-state index contributed by atoms with van der Waals surface area (Å²) in [6.07, 6.45) is 5.70. The number of aromatic nitrogens is 2. The van der Waals surface area contributed by atoms with E-state index in [4.69, 9.17) is 4.74 Å². The number of aldehydes is 1. The number of carbonyl (C=O) groups is 1. The molecular weight excluding hydrogens is 298 g/mol. The van der Waals surface area contributed by atoms with Gasteiger partial charge in [0.2, 0.25) is 0 Å². The van der Waals surface area contributed by atoms with Crippen LogP contribution in [0, 0.1) is 17.0 Å². The number of ether oxygens (including phenoxy) is 1. The van der Waals surface area contributed by atoms with Crippen molar-refractivity contribution in [3.05, 3.63) is 51.6 Å². The SMILES string of the molecule is Cc1cc(-n2ccnc2C2CCOCC2)c([N+](=O)[O-])cc1C=O. The Balaban J connectivity index is 2.12. The average molecular weight is 315 g/mol. The van der Waals surface area contributed by atoms with E-state index in [-0.39, 0.29) is 11.6 Å². The van der Waals surface area contributed by atoms with E-state index in [1.54, 1.807) is 30.0 Å². The summed E-state index contributed by atoms with van der Waals surface area (Å²) in [6.45, 7) is 3.10. The van der Waals surface area contributed by atoms with Crippen molar-refractivity contribution in [3.8, 4) is 5.69 Å². The molecule has 1 aliphatic heterocycles. The molecular formula is C16H17N3O4. The monoisotopic (exact) mass is 315 g/mol. The number of carbonyl (C=O) groups excluding carboxylic acids is 1. The van der Waals surface area contributed by atoms with Gasteiger partial charge in [0.15, 0.2) is 6.29 Å². The molecule has 0 bridgehead atoms. The molecule has 0 aliphatic carbocycles. The van der Waals surface area contributed by atoms with Crippen LogP contribution < -0.4 is 0 Å². The third-order valence-electron chi connectivity index (χ3n) is 4.20. The quantitative estimate of drug-likeness (QED) is 0.492. The summed E-state index contributed by atoms with van der Waals surface area (Å²) in [6, 6.07) is 3.00. The number of benzene rings is 1. The molecule has 0 spiro atoms. The van der Waals surface area contributed by atoms with Crippen LogP contribution in [0.5, 0.6) is 0 Å². The Hall–Kier alpha value is -2.54. The summed E-state index contributed by atoms with van der Waals surface area (Å²) < 4.78 is 7.13. The van der Waals surface area contributed by atoms with Crippen LogP contribution in [0.25, 0.3) is 5.69 Å². The molecule has 1 aromatic carbocycles. The van der Waals surface area contributed by atoms with E-state index in [2.05, 4.69) is 4.98 Å². The minimum absolute atomic E-state index is 0.0935. The fraction of sp³-hybridized carbons (Fsp3) is 0.375. The predicted octanol–water partition coefficient (Wildman–Crippen LogP) is 2.80. The predicted molar refractivity (Wildman–Crippen MR) is 83.1 cm³/mol. The van der Waals surface area contributed by atoms with Crippen LogP contribution in [0.2, 0.25) is 0 Å². The maximum Gasteiger partial charge on any atom is 0.293 e. The van der Waals surface area contributed by atoms with Crippen molar-refractivity contribution >= 4 is 12.0 Å². The first-order valence-corrected chi connectivity index (χ1v) is 7.47. The topological polar surface area (TPSA) is 87.3 Å². The Bertz CT molecular complexity index is 748. The molecule has 7 nitrogen and oxygen atoms in total. The number of rotatable bonds is 4. The highest BCUT2D eigenvalue weighted by Crippen LogP contribution is 2.32. The second-order valence-electron chi connectivity index (χ2n) is 5.61. The molecule has 7 heteroatoms. The van der Waals surface area contributed by atoms with Crippen molar-refractivity contribution in [1.29, 1.82) is 0 Å². The van der Waals surface area contributed by atoms with E-state index in [0.29, 0.717) is 36.3 Å². The normalized spacial score (nSPS) is 15.5. The van der Waals surface area contributed by atoms with Crippen molar-refractivity contribution in [3.63, 3.8) is 0 Å². The van der Waals surface area contributed by atoms with Crippen LogP contribution in [0.15, 0.2) is 24.5 Å². The van der Waals surface area contributed by atoms with Gasteiger partial charge in [-0.05, 0) is 31.4 Å². The summed E-state index contributed by atoms with van der Waals surface area (Å²) in [5, 5.41) is 11.4.